The third kappa shape index (κ3) is 1.95. The molecule has 4 heteroatoms. The van der Waals surface area contributed by atoms with E-state index in [-0.39, 0.29) is 5.56 Å². The van der Waals surface area contributed by atoms with Gasteiger partial charge < -0.3 is 4.90 Å². The Kier molecular flexibility index (Phi) is 2.99. The van der Waals surface area contributed by atoms with Crippen LogP contribution in [0.25, 0.3) is 16.6 Å². The van der Waals surface area contributed by atoms with Crippen molar-refractivity contribution in [1.82, 2.24) is 9.55 Å². The van der Waals surface area contributed by atoms with Crippen molar-refractivity contribution < 1.29 is 0 Å². The highest BCUT2D eigenvalue weighted by Crippen LogP contribution is 2.17. The van der Waals surface area contributed by atoms with Crippen LogP contribution in [-0.4, -0.2) is 23.6 Å². The van der Waals surface area contributed by atoms with Crippen molar-refractivity contribution in [2.24, 2.45) is 0 Å². The molecule has 2 aromatic carbocycles. The van der Waals surface area contributed by atoms with Crippen LogP contribution in [0.4, 0.5) is 5.95 Å². The Bertz CT molecular complexity index is 807. The number of benzene rings is 2. The number of hydrogen-bond acceptors (Lipinski definition) is 3. The summed E-state index contributed by atoms with van der Waals surface area (Å²) in [7, 11) is 3.77. The van der Waals surface area contributed by atoms with E-state index in [1.54, 1.807) is 4.57 Å². The second-order valence-electron chi connectivity index (χ2n) is 4.80. The molecule has 3 aromatic rings. The van der Waals surface area contributed by atoms with Crippen LogP contribution < -0.4 is 10.5 Å². The standard InChI is InChI=1S/C16H15N3O/c1-18(2)16-17-14-11-7-6-10-13(14)15(20)19(16)12-8-4-3-5-9-12/h3-11H,1-2H3. The van der Waals surface area contributed by atoms with E-state index < -0.39 is 0 Å². The number of anilines is 1. The minimum absolute atomic E-state index is 0.0505. The molecule has 0 N–H and O–H groups in total. The molecular formula is C16H15N3O. The number of nitrogens with zero attached hydrogens (tertiary/aromatic N) is 3. The van der Waals surface area contributed by atoms with Gasteiger partial charge in [-0.15, -0.1) is 0 Å². The first kappa shape index (κ1) is 12.4. The smallest absolute Gasteiger partial charge is 0.267 e. The van der Waals surface area contributed by atoms with E-state index in [9.17, 15) is 4.79 Å². The second-order valence-corrected chi connectivity index (χ2v) is 4.80. The van der Waals surface area contributed by atoms with E-state index in [4.69, 9.17) is 0 Å². The van der Waals surface area contributed by atoms with Gasteiger partial charge >= 0.3 is 0 Å². The molecule has 0 unspecified atom stereocenters. The number of rotatable bonds is 2. The Morgan fingerprint density at radius 1 is 0.950 bits per heavy atom. The molecule has 3 rings (SSSR count). The molecular weight excluding hydrogens is 250 g/mol. The quantitative estimate of drug-likeness (QED) is 0.714. The van der Waals surface area contributed by atoms with Crippen molar-refractivity contribution in [3.8, 4) is 5.69 Å². The zero-order chi connectivity index (χ0) is 14.1. The Morgan fingerprint density at radius 2 is 1.60 bits per heavy atom. The predicted molar refractivity (Wildman–Crippen MR) is 81.7 cm³/mol. The topological polar surface area (TPSA) is 38.1 Å². The van der Waals surface area contributed by atoms with Crippen LogP contribution in [-0.2, 0) is 0 Å². The molecule has 0 bridgehead atoms. The van der Waals surface area contributed by atoms with Crippen LogP contribution in [0.2, 0.25) is 0 Å². The molecule has 0 fully saturated rings. The zero-order valence-corrected chi connectivity index (χ0v) is 11.4. The molecule has 0 aliphatic heterocycles. The van der Waals surface area contributed by atoms with Crippen LogP contribution in [0.5, 0.6) is 0 Å². The highest BCUT2D eigenvalue weighted by molar-refractivity contribution is 5.79. The lowest BCUT2D eigenvalue weighted by Gasteiger charge is -2.18. The summed E-state index contributed by atoms with van der Waals surface area (Å²) in [4.78, 5) is 19.2. The van der Waals surface area contributed by atoms with E-state index in [1.807, 2.05) is 73.6 Å². The summed E-state index contributed by atoms with van der Waals surface area (Å²) in [5.74, 6) is 0.625. The maximum absolute atomic E-state index is 12.8. The molecule has 1 aromatic heterocycles. The fourth-order valence-electron chi connectivity index (χ4n) is 2.23. The van der Waals surface area contributed by atoms with Gasteiger partial charge in [-0.2, -0.15) is 0 Å². The SMILES string of the molecule is CN(C)c1nc2ccccc2c(=O)n1-c1ccccc1. The molecule has 20 heavy (non-hydrogen) atoms. The molecule has 0 aliphatic carbocycles. The van der Waals surface area contributed by atoms with Crippen molar-refractivity contribution in [1.29, 1.82) is 0 Å². The molecule has 0 radical (unpaired) electrons. The van der Waals surface area contributed by atoms with Crippen molar-refractivity contribution >= 4 is 16.9 Å². The fourth-order valence-corrected chi connectivity index (χ4v) is 2.23. The van der Waals surface area contributed by atoms with E-state index >= 15 is 0 Å². The molecule has 0 atom stereocenters. The summed E-state index contributed by atoms with van der Waals surface area (Å²) in [5.41, 5.74) is 1.48. The minimum atomic E-state index is -0.0505. The summed E-state index contributed by atoms with van der Waals surface area (Å²) < 4.78 is 1.64. The van der Waals surface area contributed by atoms with Crippen molar-refractivity contribution in [3.05, 3.63) is 65.0 Å². The summed E-state index contributed by atoms with van der Waals surface area (Å²) in [6.07, 6.45) is 0. The molecule has 1 heterocycles. The van der Waals surface area contributed by atoms with Crippen LogP contribution in [0.15, 0.2) is 59.4 Å². The van der Waals surface area contributed by atoms with Crippen LogP contribution >= 0.6 is 0 Å². The van der Waals surface area contributed by atoms with E-state index in [2.05, 4.69) is 4.98 Å². The van der Waals surface area contributed by atoms with Crippen LogP contribution in [0, 0.1) is 0 Å². The van der Waals surface area contributed by atoms with Crippen molar-refractivity contribution in [2.45, 2.75) is 0 Å². The van der Waals surface area contributed by atoms with Crippen LogP contribution in [0.1, 0.15) is 0 Å². The van der Waals surface area contributed by atoms with Crippen molar-refractivity contribution in [3.63, 3.8) is 0 Å². The van der Waals surface area contributed by atoms with Crippen LogP contribution in [0.3, 0.4) is 0 Å². The summed E-state index contributed by atoms with van der Waals surface area (Å²) >= 11 is 0. The molecule has 100 valence electrons. The number of hydrogen-bond donors (Lipinski definition) is 0. The molecule has 0 saturated carbocycles. The zero-order valence-electron chi connectivity index (χ0n) is 11.4. The van der Waals surface area contributed by atoms with Gasteiger partial charge in [-0.1, -0.05) is 30.3 Å². The van der Waals surface area contributed by atoms with Gasteiger partial charge in [0.25, 0.3) is 5.56 Å². The Balaban J connectivity index is 2.43. The summed E-state index contributed by atoms with van der Waals surface area (Å²) in [5, 5.41) is 0.627. The predicted octanol–water partition coefficient (Wildman–Crippen LogP) is 2.45. The molecule has 4 nitrogen and oxygen atoms in total. The Labute approximate surface area is 116 Å². The third-order valence-corrected chi connectivity index (χ3v) is 3.17. The monoisotopic (exact) mass is 265 g/mol. The van der Waals surface area contributed by atoms with E-state index in [0.717, 1.165) is 5.69 Å². The lowest BCUT2D eigenvalue weighted by atomic mass is 10.2. The Morgan fingerprint density at radius 3 is 2.30 bits per heavy atom. The second kappa shape index (κ2) is 4.81. The average molecular weight is 265 g/mol. The summed E-state index contributed by atoms with van der Waals surface area (Å²) in [6.45, 7) is 0. The third-order valence-electron chi connectivity index (χ3n) is 3.17. The van der Waals surface area contributed by atoms with Gasteiger partial charge in [-0.05, 0) is 24.3 Å². The highest BCUT2D eigenvalue weighted by atomic mass is 16.1. The fraction of sp³-hybridized carbons (Fsp3) is 0.125. The first-order chi connectivity index (χ1) is 9.68. The molecule has 0 saturated heterocycles. The Hall–Kier alpha value is -2.62. The maximum Gasteiger partial charge on any atom is 0.267 e. The number of aromatic nitrogens is 2. The molecule has 0 spiro atoms. The average Bonchev–Trinajstić information content (AvgIpc) is 2.48. The normalized spacial score (nSPS) is 10.7. The van der Waals surface area contributed by atoms with Gasteiger partial charge in [0, 0.05) is 14.1 Å². The van der Waals surface area contributed by atoms with Gasteiger partial charge in [0.15, 0.2) is 0 Å². The van der Waals surface area contributed by atoms with Crippen molar-refractivity contribution in [2.75, 3.05) is 19.0 Å². The largest absolute Gasteiger partial charge is 0.348 e. The first-order valence-electron chi connectivity index (χ1n) is 6.43. The van der Waals surface area contributed by atoms with Gasteiger partial charge in [0.05, 0.1) is 16.6 Å². The van der Waals surface area contributed by atoms with Gasteiger partial charge in [-0.3, -0.25) is 4.79 Å². The van der Waals surface area contributed by atoms with Gasteiger partial charge in [0.1, 0.15) is 0 Å². The highest BCUT2D eigenvalue weighted by Gasteiger charge is 2.13. The molecule has 0 aliphatic rings. The number of fused-ring (bicyclic) bond motifs is 1. The van der Waals surface area contributed by atoms with E-state index in [1.165, 1.54) is 0 Å². The molecule has 0 amide bonds. The maximum atomic E-state index is 12.8. The number of para-hydroxylation sites is 2. The lowest BCUT2D eigenvalue weighted by Crippen LogP contribution is -2.27. The lowest BCUT2D eigenvalue weighted by molar-refractivity contribution is 0.897. The van der Waals surface area contributed by atoms with Gasteiger partial charge in [-0.25, -0.2) is 9.55 Å². The van der Waals surface area contributed by atoms with Gasteiger partial charge in [0.2, 0.25) is 5.95 Å². The summed E-state index contributed by atoms with van der Waals surface area (Å²) in [6, 6.07) is 17.0. The minimum Gasteiger partial charge on any atom is -0.348 e. The first-order valence-corrected chi connectivity index (χ1v) is 6.43. The van der Waals surface area contributed by atoms with E-state index in [0.29, 0.717) is 16.9 Å².